The zero-order valence-corrected chi connectivity index (χ0v) is 19.3. The zero-order chi connectivity index (χ0) is 23.2. The molecule has 2 aliphatic rings. The second kappa shape index (κ2) is 11.1. The quantitative estimate of drug-likeness (QED) is 0.648. The number of carbonyl (C=O) groups excluding carboxylic acids is 1. The van der Waals surface area contributed by atoms with Crippen molar-refractivity contribution >= 4 is 11.6 Å². The molecule has 0 bridgehead atoms. The van der Waals surface area contributed by atoms with Crippen molar-refractivity contribution in [3.63, 3.8) is 0 Å². The Kier molecular flexibility index (Phi) is 7.95. The molecule has 3 heterocycles. The van der Waals surface area contributed by atoms with Crippen LogP contribution in [0.25, 0.3) is 0 Å². The highest BCUT2D eigenvalue weighted by molar-refractivity contribution is 5.92. The Morgan fingerprint density at radius 2 is 1.73 bits per heavy atom. The molecule has 0 spiro atoms. The summed E-state index contributed by atoms with van der Waals surface area (Å²) in [5.41, 5.74) is 1.31. The van der Waals surface area contributed by atoms with Crippen LogP contribution < -0.4 is 4.90 Å². The second-order valence-electron chi connectivity index (χ2n) is 8.90. The number of aliphatic hydroxyl groups excluding tert-OH is 1. The van der Waals surface area contributed by atoms with Crippen LogP contribution >= 0.6 is 0 Å². The first-order chi connectivity index (χ1) is 16.0. The lowest BCUT2D eigenvalue weighted by atomic mass is 10.2. The highest BCUT2D eigenvalue weighted by Gasteiger charge is 2.26. The van der Waals surface area contributed by atoms with Gasteiger partial charge in [-0.15, -0.1) is 0 Å². The van der Waals surface area contributed by atoms with Crippen molar-refractivity contribution in [1.29, 1.82) is 0 Å². The first-order valence-electron chi connectivity index (χ1n) is 11.9. The van der Waals surface area contributed by atoms with Crippen molar-refractivity contribution in [3.8, 4) is 0 Å². The third-order valence-electron chi connectivity index (χ3n) is 6.44. The molecule has 8 nitrogen and oxygen atoms in total. The normalized spacial score (nSPS) is 19.1. The van der Waals surface area contributed by atoms with E-state index in [0.717, 1.165) is 51.3 Å². The number of anilines is 1. The van der Waals surface area contributed by atoms with Gasteiger partial charge >= 0.3 is 0 Å². The Bertz CT molecular complexity index is 890. The smallest absolute Gasteiger partial charge is 0.275 e. The number of halogens is 1. The van der Waals surface area contributed by atoms with Crippen molar-refractivity contribution < 1.29 is 18.7 Å². The summed E-state index contributed by atoms with van der Waals surface area (Å²) in [4.78, 5) is 25.8. The molecule has 1 amide bonds. The van der Waals surface area contributed by atoms with Gasteiger partial charge in [-0.1, -0.05) is 13.3 Å². The number of benzene rings is 1. The van der Waals surface area contributed by atoms with Crippen LogP contribution in [0, 0.1) is 5.82 Å². The standard InChI is InChI=1S/C24H34FN5O3/c1-2-3-21(31)16-27-8-10-28(11-9-27)17-23-26-22(18-33-23)24(32)30-14-12-29(13-15-30)20-6-4-19(25)5-7-20/h4-7,18,21,31H,2-3,8-17H2,1H3. The minimum atomic E-state index is -0.251. The summed E-state index contributed by atoms with van der Waals surface area (Å²) in [6.07, 6.45) is 3.05. The van der Waals surface area contributed by atoms with Crippen molar-refractivity contribution in [2.24, 2.45) is 0 Å². The fourth-order valence-electron chi connectivity index (χ4n) is 4.51. The van der Waals surface area contributed by atoms with Gasteiger partial charge in [0.05, 0.1) is 12.6 Å². The summed E-state index contributed by atoms with van der Waals surface area (Å²) >= 11 is 0. The first kappa shape index (κ1) is 23.7. The predicted octanol–water partition coefficient (Wildman–Crippen LogP) is 2.05. The monoisotopic (exact) mass is 459 g/mol. The van der Waals surface area contributed by atoms with Crippen LogP contribution in [0.15, 0.2) is 34.9 Å². The number of hydrogen-bond donors (Lipinski definition) is 1. The molecule has 0 saturated carbocycles. The van der Waals surface area contributed by atoms with Crippen molar-refractivity contribution in [3.05, 3.63) is 47.9 Å². The molecule has 1 N–H and O–H groups in total. The Morgan fingerprint density at radius 1 is 1.06 bits per heavy atom. The largest absolute Gasteiger partial charge is 0.447 e. The number of piperazine rings is 2. The summed E-state index contributed by atoms with van der Waals surface area (Å²) < 4.78 is 18.8. The SMILES string of the molecule is CCCC(O)CN1CCN(Cc2nc(C(=O)N3CCN(c4ccc(F)cc4)CC3)co2)CC1. The third kappa shape index (κ3) is 6.31. The Labute approximate surface area is 194 Å². The fraction of sp³-hybridized carbons (Fsp3) is 0.583. The van der Waals surface area contributed by atoms with E-state index < -0.39 is 0 Å². The maximum Gasteiger partial charge on any atom is 0.275 e. The number of hydrogen-bond acceptors (Lipinski definition) is 7. The third-order valence-corrected chi connectivity index (χ3v) is 6.44. The van der Waals surface area contributed by atoms with Crippen LogP contribution in [-0.4, -0.2) is 95.7 Å². The van der Waals surface area contributed by atoms with Crippen molar-refractivity contribution in [2.75, 3.05) is 63.8 Å². The Morgan fingerprint density at radius 3 is 2.39 bits per heavy atom. The van der Waals surface area contributed by atoms with E-state index in [1.165, 1.54) is 18.4 Å². The van der Waals surface area contributed by atoms with E-state index in [1.807, 2.05) is 0 Å². The highest BCUT2D eigenvalue weighted by Crippen LogP contribution is 2.18. The summed E-state index contributed by atoms with van der Waals surface area (Å²) in [7, 11) is 0. The minimum Gasteiger partial charge on any atom is -0.447 e. The molecule has 1 unspecified atom stereocenters. The average molecular weight is 460 g/mol. The van der Waals surface area contributed by atoms with Gasteiger partial charge in [0.25, 0.3) is 5.91 Å². The molecule has 180 valence electrons. The summed E-state index contributed by atoms with van der Waals surface area (Å²) in [5, 5.41) is 10.0. The second-order valence-corrected chi connectivity index (χ2v) is 8.90. The lowest BCUT2D eigenvalue weighted by Crippen LogP contribution is -2.49. The molecule has 2 fully saturated rings. The van der Waals surface area contributed by atoms with E-state index in [0.29, 0.717) is 44.3 Å². The van der Waals surface area contributed by atoms with Crippen molar-refractivity contribution in [2.45, 2.75) is 32.4 Å². The lowest BCUT2D eigenvalue weighted by molar-refractivity contribution is 0.0634. The molecule has 9 heteroatoms. The number of aliphatic hydroxyl groups is 1. The van der Waals surface area contributed by atoms with Gasteiger partial charge in [-0.25, -0.2) is 9.37 Å². The van der Waals surface area contributed by atoms with Gasteiger partial charge < -0.3 is 19.3 Å². The molecule has 1 atom stereocenters. The van der Waals surface area contributed by atoms with Crippen LogP contribution in [0.5, 0.6) is 0 Å². The molecule has 0 aliphatic carbocycles. The van der Waals surface area contributed by atoms with Crippen molar-refractivity contribution in [1.82, 2.24) is 19.7 Å². The lowest BCUT2D eigenvalue weighted by Gasteiger charge is -2.35. The van der Waals surface area contributed by atoms with Crippen LogP contribution in [-0.2, 0) is 6.54 Å². The van der Waals surface area contributed by atoms with Gasteiger partial charge in [-0.05, 0) is 30.7 Å². The first-order valence-corrected chi connectivity index (χ1v) is 11.9. The van der Waals surface area contributed by atoms with E-state index in [2.05, 4.69) is 26.6 Å². The predicted molar refractivity (Wildman–Crippen MR) is 124 cm³/mol. The summed E-state index contributed by atoms with van der Waals surface area (Å²) in [6.45, 7) is 9.55. The highest BCUT2D eigenvalue weighted by atomic mass is 19.1. The molecular formula is C24H34FN5O3. The molecular weight excluding hydrogens is 425 g/mol. The van der Waals surface area contributed by atoms with E-state index in [-0.39, 0.29) is 17.8 Å². The summed E-state index contributed by atoms with van der Waals surface area (Å²) in [5.74, 6) is 0.198. The van der Waals surface area contributed by atoms with Crippen LogP contribution in [0.1, 0.15) is 36.1 Å². The molecule has 0 radical (unpaired) electrons. The summed E-state index contributed by atoms with van der Waals surface area (Å²) in [6, 6.07) is 6.45. The number of nitrogens with zero attached hydrogens (tertiary/aromatic N) is 5. The van der Waals surface area contributed by atoms with Gasteiger partial charge in [-0.3, -0.25) is 14.6 Å². The fourth-order valence-corrected chi connectivity index (χ4v) is 4.51. The molecule has 2 aromatic rings. The topological polar surface area (TPSA) is 76.3 Å². The number of carbonyl (C=O) groups is 1. The average Bonchev–Trinajstić information content (AvgIpc) is 3.29. The molecule has 1 aromatic heterocycles. The maximum absolute atomic E-state index is 13.1. The van der Waals surface area contributed by atoms with E-state index in [9.17, 15) is 14.3 Å². The van der Waals surface area contributed by atoms with E-state index in [4.69, 9.17) is 4.42 Å². The number of aromatic nitrogens is 1. The number of amides is 1. The molecule has 2 saturated heterocycles. The molecule has 33 heavy (non-hydrogen) atoms. The van der Waals surface area contributed by atoms with Gasteiger partial charge in [-0.2, -0.15) is 0 Å². The molecule has 1 aromatic carbocycles. The van der Waals surface area contributed by atoms with Gasteiger partial charge in [0, 0.05) is 64.6 Å². The minimum absolute atomic E-state index is 0.113. The number of β-amino-alcohol motifs (C(OH)–C–C–N with tert-alkyl or cyclic N) is 1. The molecule has 2 aliphatic heterocycles. The van der Waals surface area contributed by atoms with Crippen LogP contribution in [0.4, 0.5) is 10.1 Å². The molecule has 4 rings (SSSR count). The van der Waals surface area contributed by atoms with Gasteiger partial charge in [0.15, 0.2) is 5.69 Å². The number of rotatable bonds is 8. The van der Waals surface area contributed by atoms with E-state index >= 15 is 0 Å². The Hall–Kier alpha value is -2.49. The van der Waals surface area contributed by atoms with Gasteiger partial charge in [0.1, 0.15) is 12.1 Å². The zero-order valence-electron chi connectivity index (χ0n) is 19.3. The Balaban J connectivity index is 1.22. The van der Waals surface area contributed by atoms with Crippen LogP contribution in [0.2, 0.25) is 0 Å². The van der Waals surface area contributed by atoms with Crippen LogP contribution in [0.3, 0.4) is 0 Å². The number of oxazole rings is 1. The van der Waals surface area contributed by atoms with E-state index in [1.54, 1.807) is 17.0 Å². The maximum atomic E-state index is 13.1. The van der Waals surface area contributed by atoms with Gasteiger partial charge in [0.2, 0.25) is 5.89 Å².